The van der Waals surface area contributed by atoms with Crippen molar-refractivity contribution in [1.82, 2.24) is 9.88 Å². The molecule has 0 spiro atoms. The number of imide groups is 1. The van der Waals surface area contributed by atoms with Gasteiger partial charge in [0.15, 0.2) is 0 Å². The number of benzene rings is 2. The molecular weight excluding hydrogens is 384 g/mol. The number of fused-ring (bicyclic) bond motifs is 1. The van der Waals surface area contributed by atoms with Gasteiger partial charge in [0.25, 0.3) is 11.1 Å². The molecule has 2 heterocycles. The number of carbonyl (C=O) groups excluding carboxylic acids is 2. The molecule has 7 heteroatoms. The van der Waals surface area contributed by atoms with Crippen molar-refractivity contribution in [3.05, 3.63) is 70.2 Å². The lowest BCUT2D eigenvalue weighted by Crippen LogP contribution is -2.17. The molecule has 3 aromatic rings. The minimum absolute atomic E-state index is 0.341. The van der Waals surface area contributed by atoms with Gasteiger partial charge < -0.3 is 9.30 Å². The fraction of sp³-hybridized carbons (Fsp3) is 0.100. The topological polar surface area (TPSA) is 60.3 Å². The van der Waals surface area contributed by atoms with Gasteiger partial charge in [0.05, 0.1) is 11.4 Å². The number of hydrogen-bond donors (Lipinski definition) is 1. The van der Waals surface area contributed by atoms with Crippen LogP contribution in [-0.4, -0.2) is 22.3 Å². The van der Waals surface area contributed by atoms with Gasteiger partial charge in [-0.3, -0.25) is 14.9 Å². The maximum Gasteiger partial charge on any atom is 0.290 e. The third-order valence-electron chi connectivity index (χ3n) is 4.16. The van der Waals surface area contributed by atoms with Crippen LogP contribution in [0.5, 0.6) is 5.75 Å². The molecule has 0 radical (unpaired) electrons. The third kappa shape index (κ3) is 3.86. The predicted octanol–water partition coefficient (Wildman–Crippen LogP) is 4.70. The van der Waals surface area contributed by atoms with Gasteiger partial charge in [0, 0.05) is 27.7 Å². The zero-order valence-electron chi connectivity index (χ0n) is 14.1. The number of ether oxygens (including phenoxy) is 1. The highest BCUT2D eigenvalue weighted by atomic mass is 35.5. The van der Waals surface area contributed by atoms with Crippen molar-refractivity contribution in [2.45, 2.75) is 6.54 Å². The first kappa shape index (κ1) is 17.7. The van der Waals surface area contributed by atoms with Crippen LogP contribution in [0.3, 0.4) is 0 Å². The molecule has 0 unspecified atom stereocenters. The van der Waals surface area contributed by atoms with Gasteiger partial charge in [-0.15, -0.1) is 0 Å². The van der Waals surface area contributed by atoms with Crippen LogP contribution in [0.15, 0.2) is 59.6 Å². The minimum atomic E-state index is -0.354. The number of hydrogen-bond acceptors (Lipinski definition) is 4. The lowest BCUT2D eigenvalue weighted by molar-refractivity contribution is -0.115. The van der Waals surface area contributed by atoms with Gasteiger partial charge in [-0.25, -0.2) is 0 Å². The van der Waals surface area contributed by atoms with Crippen molar-refractivity contribution in [3.8, 4) is 5.75 Å². The summed E-state index contributed by atoms with van der Waals surface area (Å²) in [7, 11) is 0. The number of para-hydroxylation sites is 1. The van der Waals surface area contributed by atoms with E-state index in [2.05, 4.69) is 9.88 Å². The smallest absolute Gasteiger partial charge is 0.290 e. The summed E-state index contributed by atoms with van der Waals surface area (Å²) in [5.41, 5.74) is 1.93. The van der Waals surface area contributed by atoms with E-state index in [9.17, 15) is 9.59 Å². The molecule has 4 rings (SSSR count). The minimum Gasteiger partial charge on any atom is -0.492 e. The van der Waals surface area contributed by atoms with Crippen LogP contribution in [-0.2, 0) is 11.3 Å². The van der Waals surface area contributed by atoms with Gasteiger partial charge >= 0.3 is 0 Å². The number of amides is 2. The zero-order valence-corrected chi connectivity index (χ0v) is 15.7. The van der Waals surface area contributed by atoms with E-state index in [4.69, 9.17) is 16.3 Å². The lowest BCUT2D eigenvalue weighted by atomic mass is 10.1. The van der Waals surface area contributed by atoms with Crippen molar-refractivity contribution in [3.63, 3.8) is 0 Å². The first-order valence-corrected chi connectivity index (χ1v) is 9.51. The van der Waals surface area contributed by atoms with E-state index in [0.717, 1.165) is 34.0 Å². The van der Waals surface area contributed by atoms with Crippen LogP contribution < -0.4 is 10.1 Å². The average Bonchev–Trinajstić information content (AvgIpc) is 3.17. The summed E-state index contributed by atoms with van der Waals surface area (Å²) in [6, 6.07) is 15.2. The molecular formula is C20H15ClN2O3S. The summed E-state index contributed by atoms with van der Waals surface area (Å²) in [4.78, 5) is 23.6. The molecule has 1 aromatic heterocycles. The van der Waals surface area contributed by atoms with E-state index in [-0.39, 0.29) is 11.1 Å². The predicted molar refractivity (Wildman–Crippen MR) is 108 cm³/mol. The fourth-order valence-corrected chi connectivity index (χ4v) is 3.73. The summed E-state index contributed by atoms with van der Waals surface area (Å²) in [5, 5.41) is 3.63. The number of carbonyl (C=O) groups is 2. The third-order valence-corrected chi connectivity index (χ3v) is 5.23. The van der Waals surface area contributed by atoms with Gasteiger partial charge in [-0.05, 0) is 48.2 Å². The normalized spacial score (nSPS) is 15.5. The number of aromatic nitrogens is 1. The van der Waals surface area contributed by atoms with Gasteiger partial charge in [-0.2, -0.15) is 0 Å². The van der Waals surface area contributed by atoms with Crippen molar-refractivity contribution < 1.29 is 14.3 Å². The molecule has 1 aliphatic rings. The Morgan fingerprint density at radius 2 is 1.89 bits per heavy atom. The Morgan fingerprint density at radius 1 is 1.11 bits per heavy atom. The molecule has 0 bridgehead atoms. The molecule has 2 aromatic carbocycles. The molecule has 1 saturated heterocycles. The van der Waals surface area contributed by atoms with Crippen LogP contribution >= 0.6 is 23.4 Å². The SMILES string of the molecule is O=C1NC(=O)/C(=C/c2cn(CCOc3ccc(Cl)cc3)c3ccccc23)S1. The lowest BCUT2D eigenvalue weighted by Gasteiger charge is -2.08. The molecule has 0 aliphatic carbocycles. The van der Waals surface area contributed by atoms with Crippen LogP contribution in [0.1, 0.15) is 5.56 Å². The van der Waals surface area contributed by atoms with Gasteiger partial charge in [0.1, 0.15) is 12.4 Å². The van der Waals surface area contributed by atoms with Crippen molar-refractivity contribution in [2.24, 2.45) is 0 Å². The first-order valence-electron chi connectivity index (χ1n) is 8.31. The van der Waals surface area contributed by atoms with Gasteiger partial charge in [0.2, 0.25) is 0 Å². The number of rotatable bonds is 5. The molecule has 5 nitrogen and oxygen atoms in total. The second-order valence-corrected chi connectivity index (χ2v) is 7.40. The highest BCUT2D eigenvalue weighted by Gasteiger charge is 2.25. The fourth-order valence-electron chi connectivity index (χ4n) is 2.93. The molecule has 2 amide bonds. The Morgan fingerprint density at radius 3 is 2.63 bits per heavy atom. The average molecular weight is 399 g/mol. The number of thioether (sulfide) groups is 1. The van der Waals surface area contributed by atoms with E-state index < -0.39 is 0 Å². The highest BCUT2D eigenvalue weighted by Crippen LogP contribution is 2.29. The number of nitrogens with zero attached hydrogens (tertiary/aromatic N) is 1. The number of nitrogens with one attached hydrogen (secondary N) is 1. The Bertz CT molecular complexity index is 1060. The van der Waals surface area contributed by atoms with Gasteiger partial charge in [-0.1, -0.05) is 29.8 Å². The molecule has 1 aliphatic heterocycles. The van der Waals surface area contributed by atoms with Crippen LogP contribution in [0.2, 0.25) is 5.02 Å². The summed E-state index contributed by atoms with van der Waals surface area (Å²) < 4.78 is 7.86. The Kier molecular flexibility index (Phi) is 4.92. The Hall–Kier alpha value is -2.70. The second-order valence-electron chi connectivity index (χ2n) is 5.95. The monoisotopic (exact) mass is 398 g/mol. The van der Waals surface area contributed by atoms with Crippen LogP contribution in [0.4, 0.5) is 4.79 Å². The summed E-state index contributed by atoms with van der Waals surface area (Å²) in [5.74, 6) is 0.406. The summed E-state index contributed by atoms with van der Waals surface area (Å²) in [6.45, 7) is 1.13. The maximum atomic E-state index is 11.8. The zero-order chi connectivity index (χ0) is 18.8. The summed E-state index contributed by atoms with van der Waals surface area (Å²) >= 11 is 6.80. The molecule has 0 atom stereocenters. The van der Waals surface area contributed by atoms with E-state index in [1.807, 2.05) is 42.6 Å². The van der Waals surface area contributed by atoms with Crippen molar-refractivity contribution in [1.29, 1.82) is 0 Å². The quantitative estimate of drug-likeness (QED) is 0.633. The molecule has 1 N–H and O–H groups in total. The molecule has 1 fully saturated rings. The first-order chi connectivity index (χ1) is 13.1. The van der Waals surface area contributed by atoms with Crippen molar-refractivity contribution in [2.75, 3.05) is 6.61 Å². The largest absolute Gasteiger partial charge is 0.492 e. The summed E-state index contributed by atoms with van der Waals surface area (Å²) in [6.07, 6.45) is 3.73. The molecule has 0 saturated carbocycles. The van der Waals surface area contributed by atoms with E-state index in [1.165, 1.54) is 0 Å². The second kappa shape index (κ2) is 7.50. The number of halogens is 1. The maximum absolute atomic E-state index is 11.8. The van der Waals surface area contributed by atoms with Crippen molar-refractivity contribution >= 4 is 51.5 Å². The standard InChI is InChI=1S/C20H15ClN2O3S/c21-14-5-7-15(8-6-14)26-10-9-23-12-13(16-3-1-2-4-17(16)23)11-18-19(24)22-20(25)27-18/h1-8,11-12H,9-10H2,(H,22,24,25)/b18-11-. The van der Waals surface area contributed by atoms with E-state index in [0.29, 0.717) is 23.1 Å². The molecule has 136 valence electrons. The molecule has 27 heavy (non-hydrogen) atoms. The van der Waals surface area contributed by atoms with E-state index in [1.54, 1.807) is 18.2 Å². The van der Waals surface area contributed by atoms with Crippen LogP contribution in [0, 0.1) is 0 Å². The van der Waals surface area contributed by atoms with Crippen LogP contribution in [0.25, 0.3) is 17.0 Å². The Labute approximate surface area is 164 Å². The highest BCUT2D eigenvalue weighted by molar-refractivity contribution is 8.18. The Balaban J connectivity index is 1.56. The van der Waals surface area contributed by atoms with E-state index >= 15 is 0 Å².